The van der Waals surface area contributed by atoms with Crippen LogP contribution in [0.2, 0.25) is 0 Å². The minimum Gasteiger partial charge on any atom is -0.479 e. The number of aliphatic hydroxyl groups excluding tert-OH is 5. The third-order valence-electron chi connectivity index (χ3n) is 16.6. The average Bonchev–Trinajstić information content (AvgIpc) is 3.10. The highest BCUT2D eigenvalue weighted by molar-refractivity contribution is 5.89. The van der Waals surface area contributed by atoms with Crippen LogP contribution in [0.3, 0.4) is 0 Å². The van der Waals surface area contributed by atoms with E-state index in [0.717, 1.165) is 25.7 Å². The molecule has 6 N–H and O–H groups in total. The summed E-state index contributed by atoms with van der Waals surface area (Å²) < 4.78 is 18.1. The van der Waals surface area contributed by atoms with Crippen molar-refractivity contribution in [2.45, 2.75) is 149 Å². The lowest BCUT2D eigenvalue weighted by molar-refractivity contribution is -0.324. The highest BCUT2D eigenvalue weighted by Crippen LogP contribution is 2.76. The standard InChI is InChI=1S/C43H62O11/c1-38(2)19-25-24-13-14-27-40(5)17-16-29(53-37-33(48)31(46)32(47)34(54-37)35(49)50)39(3,4)26(40)15-18-41(27,6)42(24,7)20-28(45)43(25,22-44)21-30(38)52-36(51)23-11-9-8-10-12-23/h8-13,25-34,37,44-48H,14-22H2,1-7H3,(H,49,50)/t25-,26+,27-,28-,29-,30-,31+,32-,33-,34-,37+,40+,41-,42+,43+/m0/s1. The van der Waals surface area contributed by atoms with Crippen LogP contribution >= 0.6 is 0 Å². The van der Waals surface area contributed by atoms with Crippen LogP contribution in [-0.4, -0.2) is 98.2 Å². The Bertz CT molecular complexity index is 1640. The summed E-state index contributed by atoms with van der Waals surface area (Å²) in [5.74, 6) is -1.40. The fourth-order valence-electron chi connectivity index (χ4n) is 13.2. The number of allylic oxidation sites excluding steroid dienone is 2. The largest absolute Gasteiger partial charge is 0.479 e. The summed E-state index contributed by atoms with van der Waals surface area (Å²) >= 11 is 0. The Kier molecular flexibility index (Phi) is 9.85. The van der Waals surface area contributed by atoms with Gasteiger partial charge in [0.05, 0.1) is 24.4 Å². The molecule has 1 heterocycles. The molecule has 1 saturated heterocycles. The summed E-state index contributed by atoms with van der Waals surface area (Å²) in [4.78, 5) is 25.1. The van der Waals surface area contributed by atoms with Crippen molar-refractivity contribution in [1.82, 2.24) is 0 Å². The molecule has 0 aromatic heterocycles. The zero-order valence-corrected chi connectivity index (χ0v) is 32.9. The zero-order chi connectivity index (χ0) is 39.4. The van der Waals surface area contributed by atoms with Gasteiger partial charge in [-0.2, -0.15) is 0 Å². The maximum absolute atomic E-state index is 13.3. The second-order valence-corrected chi connectivity index (χ2v) is 19.8. The van der Waals surface area contributed by atoms with Crippen LogP contribution in [0.5, 0.6) is 0 Å². The van der Waals surface area contributed by atoms with Gasteiger partial charge in [-0.15, -0.1) is 0 Å². The molecule has 5 fully saturated rings. The molecule has 0 amide bonds. The van der Waals surface area contributed by atoms with Gasteiger partial charge in [-0.05, 0) is 103 Å². The van der Waals surface area contributed by atoms with E-state index in [2.05, 4.69) is 54.5 Å². The van der Waals surface area contributed by atoms with Crippen molar-refractivity contribution in [1.29, 1.82) is 0 Å². The van der Waals surface area contributed by atoms with Gasteiger partial charge in [0.15, 0.2) is 12.4 Å². The average molecular weight is 755 g/mol. The number of ether oxygens (including phenoxy) is 3. The molecule has 6 aliphatic rings. The van der Waals surface area contributed by atoms with E-state index in [1.54, 1.807) is 12.1 Å². The molecule has 0 bridgehead atoms. The fourth-order valence-corrected chi connectivity index (χ4v) is 13.2. The van der Waals surface area contributed by atoms with E-state index in [4.69, 9.17) is 14.2 Å². The number of carboxylic acid groups (broad SMARTS) is 1. The van der Waals surface area contributed by atoms with E-state index in [1.165, 1.54) is 5.57 Å². The Morgan fingerprint density at radius 2 is 1.52 bits per heavy atom. The van der Waals surface area contributed by atoms with Gasteiger partial charge in [0.25, 0.3) is 0 Å². The summed E-state index contributed by atoms with van der Waals surface area (Å²) in [7, 11) is 0. The molecule has 0 radical (unpaired) electrons. The number of carbonyl (C=O) groups is 2. The maximum atomic E-state index is 13.3. The number of rotatable bonds is 6. The quantitative estimate of drug-likeness (QED) is 0.133. The van der Waals surface area contributed by atoms with Crippen LogP contribution < -0.4 is 0 Å². The second-order valence-electron chi connectivity index (χ2n) is 19.8. The summed E-state index contributed by atoms with van der Waals surface area (Å²) in [5.41, 5.74) is -0.423. The molecule has 300 valence electrons. The van der Waals surface area contributed by atoms with E-state index in [-0.39, 0.29) is 46.6 Å². The Morgan fingerprint density at radius 1 is 0.833 bits per heavy atom. The Morgan fingerprint density at radius 3 is 2.17 bits per heavy atom. The summed E-state index contributed by atoms with van der Waals surface area (Å²) in [5, 5.41) is 64.6. The minimum absolute atomic E-state index is 0.0766. The highest BCUT2D eigenvalue weighted by atomic mass is 16.7. The third-order valence-corrected chi connectivity index (χ3v) is 16.6. The van der Waals surface area contributed by atoms with Gasteiger partial charge in [-0.1, -0.05) is 78.3 Å². The van der Waals surface area contributed by atoms with Gasteiger partial charge in [0, 0.05) is 10.8 Å². The number of carboxylic acids is 1. The van der Waals surface area contributed by atoms with Crippen LogP contribution in [0.1, 0.15) is 110 Å². The van der Waals surface area contributed by atoms with Gasteiger partial charge in [0.2, 0.25) is 0 Å². The highest BCUT2D eigenvalue weighted by Gasteiger charge is 2.71. The van der Waals surface area contributed by atoms with Crippen molar-refractivity contribution in [3.63, 3.8) is 0 Å². The monoisotopic (exact) mass is 754 g/mol. The van der Waals surface area contributed by atoms with Crippen LogP contribution in [0.15, 0.2) is 42.0 Å². The molecular weight excluding hydrogens is 692 g/mol. The van der Waals surface area contributed by atoms with Crippen LogP contribution in [0.25, 0.3) is 0 Å². The van der Waals surface area contributed by atoms with Crippen molar-refractivity contribution < 1.29 is 54.4 Å². The number of benzene rings is 1. The van der Waals surface area contributed by atoms with Crippen molar-refractivity contribution in [3.8, 4) is 0 Å². The van der Waals surface area contributed by atoms with Gasteiger partial charge < -0.3 is 44.8 Å². The molecule has 4 saturated carbocycles. The maximum Gasteiger partial charge on any atom is 0.338 e. The molecule has 1 aliphatic heterocycles. The van der Waals surface area contributed by atoms with Gasteiger partial charge in [-0.3, -0.25) is 0 Å². The van der Waals surface area contributed by atoms with Crippen LogP contribution in [0, 0.1) is 50.2 Å². The van der Waals surface area contributed by atoms with Gasteiger partial charge in [0.1, 0.15) is 24.4 Å². The number of fused-ring (bicyclic) bond motifs is 7. The number of aliphatic carboxylic acids is 1. The summed E-state index contributed by atoms with van der Waals surface area (Å²) in [6.45, 7) is 15.6. The Balaban J connectivity index is 1.16. The minimum atomic E-state index is -1.78. The van der Waals surface area contributed by atoms with Crippen molar-refractivity contribution in [2.24, 2.45) is 50.2 Å². The van der Waals surface area contributed by atoms with E-state index < -0.39 is 71.2 Å². The molecule has 0 unspecified atom stereocenters. The van der Waals surface area contributed by atoms with Crippen molar-refractivity contribution in [3.05, 3.63) is 47.5 Å². The molecular formula is C43H62O11. The lowest BCUT2D eigenvalue weighted by Gasteiger charge is -2.72. The van der Waals surface area contributed by atoms with Gasteiger partial charge in [-0.25, -0.2) is 9.59 Å². The first-order valence-electron chi connectivity index (χ1n) is 20.0. The first-order chi connectivity index (χ1) is 25.2. The lowest BCUT2D eigenvalue weighted by atomic mass is 9.33. The molecule has 7 rings (SSSR count). The first kappa shape index (κ1) is 39.8. The van der Waals surface area contributed by atoms with E-state index >= 15 is 0 Å². The van der Waals surface area contributed by atoms with E-state index in [0.29, 0.717) is 31.2 Å². The van der Waals surface area contributed by atoms with Crippen LogP contribution in [0.4, 0.5) is 0 Å². The lowest BCUT2D eigenvalue weighted by Crippen LogP contribution is -2.68. The SMILES string of the molecule is CC1(C)C[C@H]2C3=CC[C@H]4[C@]5(C)CC[C@H](O[C@@H]6O[C@H](C(=O)O)[C@@H](O)[C@@H](O)[C@@H]6O)C(C)(C)[C@H]5CC[C@]4(C)[C@]3(C)C[C@H](O)[C@@]2(CO)C[C@@H]1OC(=O)c1ccccc1. The van der Waals surface area contributed by atoms with Crippen molar-refractivity contribution >= 4 is 11.9 Å². The number of esters is 1. The van der Waals surface area contributed by atoms with Crippen molar-refractivity contribution in [2.75, 3.05) is 6.61 Å². The number of carbonyl (C=O) groups excluding carboxylic acids is 1. The Hall–Kier alpha value is -2.38. The summed E-state index contributed by atoms with van der Waals surface area (Å²) in [6, 6.07) is 8.97. The molecule has 15 atom stereocenters. The number of hydrogen-bond acceptors (Lipinski definition) is 10. The molecule has 11 heteroatoms. The number of aliphatic hydroxyl groups is 5. The van der Waals surface area contributed by atoms with E-state index in [1.807, 2.05) is 18.2 Å². The first-order valence-corrected chi connectivity index (χ1v) is 20.0. The van der Waals surface area contributed by atoms with Crippen LogP contribution in [-0.2, 0) is 19.0 Å². The number of hydrogen-bond donors (Lipinski definition) is 6. The topological polar surface area (TPSA) is 183 Å². The van der Waals surface area contributed by atoms with E-state index in [9.17, 15) is 40.2 Å². The zero-order valence-electron chi connectivity index (χ0n) is 32.9. The third kappa shape index (κ3) is 5.69. The predicted octanol–water partition coefficient (Wildman–Crippen LogP) is 4.86. The second kappa shape index (κ2) is 13.4. The molecule has 54 heavy (non-hydrogen) atoms. The molecule has 5 aliphatic carbocycles. The molecule has 1 aromatic rings. The normalized spacial score (nSPS) is 47.9. The molecule has 0 spiro atoms. The smallest absolute Gasteiger partial charge is 0.338 e. The Labute approximate surface area is 319 Å². The molecule has 11 nitrogen and oxygen atoms in total. The summed E-state index contributed by atoms with van der Waals surface area (Å²) in [6.07, 6.45) is -1.72. The predicted molar refractivity (Wildman–Crippen MR) is 198 cm³/mol. The van der Waals surface area contributed by atoms with Gasteiger partial charge >= 0.3 is 11.9 Å². The molecule has 1 aromatic carbocycles. The fraction of sp³-hybridized carbons (Fsp3) is 0.767.